The van der Waals surface area contributed by atoms with Crippen LogP contribution < -0.4 is 14.8 Å². The summed E-state index contributed by atoms with van der Waals surface area (Å²) in [7, 11) is -3.85. The van der Waals surface area contributed by atoms with Crippen molar-refractivity contribution >= 4 is 38.1 Å². The molecule has 0 saturated heterocycles. The van der Waals surface area contributed by atoms with Gasteiger partial charge < -0.3 is 10.1 Å². The number of ether oxygens (including phenoxy) is 1. The number of carbonyl (C=O) groups is 1. The molecule has 11 nitrogen and oxygen atoms in total. The maximum absolute atomic E-state index is 12.5. The topological polar surface area (TPSA) is 141 Å². The van der Waals surface area contributed by atoms with Gasteiger partial charge in [-0.05, 0) is 24.3 Å². The molecule has 1 amide bonds. The SMILES string of the molecule is CC(=O)Nc1ncc(S(=O)(=O)Nc2ccc(Oc3cc(-n4ccnc4)ncn3)cc2)s1. The molecule has 4 aromatic rings. The lowest BCUT2D eigenvalue weighted by molar-refractivity contribution is -0.114. The van der Waals surface area contributed by atoms with Crippen molar-refractivity contribution in [3.05, 3.63) is 61.6 Å². The Hall–Kier alpha value is -3.84. The third kappa shape index (κ3) is 5.02. The molecular formula is C18H15N7O4S2. The number of hydrogen-bond acceptors (Lipinski definition) is 9. The van der Waals surface area contributed by atoms with Gasteiger partial charge in [0.2, 0.25) is 11.8 Å². The average molecular weight is 457 g/mol. The van der Waals surface area contributed by atoms with Gasteiger partial charge in [-0.2, -0.15) is 0 Å². The molecule has 1 aromatic carbocycles. The molecule has 3 heterocycles. The molecule has 0 unspecified atom stereocenters. The number of nitrogens with zero attached hydrogens (tertiary/aromatic N) is 5. The van der Waals surface area contributed by atoms with Crippen LogP contribution in [0.2, 0.25) is 0 Å². The summed E-state index contributed by atoms with van der Waals surface area (Å²) >= 11 is 0.854. The minimum absolute atomic E-state index is 0.0235. The molecule has 0 aliphatic carbocycles. The molecular weight excluding hydrogens is 442 g/mol. The molecule has 0 bridgehead atoms. The Balaban J connectivity index is 1.44. The lowest BCUT2D eigenvalue weighted by Crippen LogP contribution is -2.11. The first-order chi connectivity index (χ1) is 14.9. The molecule has 3 aromatic heterocycles. The van der Waals surface area contributed by atoms with Crippen LogP contribution in [0.3, 0.4) is 0 Å². The summed E-state index contributed by atoms with van der Waals surface area (Å²) in [5.41, 5.74) is 0.337. The van der Waals surface area contributed by atoms with Crippen molar-refractivity contribution in [2.75, 3.05) is 10.0 Å². The van der Waals surface area contributed by atoms with Crippen molar-refractivity contribution in [3.8, 4) is 17.4 Å². The van der Waals surface area contributed by atoms with E-state index in [2.05, 4.69) is 30.0 Å². The third-order valence-corrected chi connectivity index (χ3v) is 6.51. The molecule has 4 rings (SSSR count). The zero-order chi connectivity index (χ0) is 21.8. The second-order valence-electron chi connectivity index (χ2n) is 6.08. The fourth-order valence-electron chi connectivity index (χ4n) is 2.43. The molecule has 13 heteroatoms. The van der Waals surface area contributed by atoms with Crippen LogP contribution in [0.15, 0.2) is 65.8 Å². The van der Waals surface area contributed by atoms with E-state index in [0.29, 0.717) is 23.1 Å². The molecule has 158 valence electrons. The van der Waals surface area contributed by atoms with Crippen LogP contribution in [0.4, 0.5) is 10.8 Å². The highest BCUT2D eigenvalue weighted by atomic mass is 32.2. The number of thiazole rings is 1. The monoisotopic (exact) mass is 457 g/mol. The summed E-state index contributed by atoms with van der Waals surface area (Å²) in [6.45, 7) is 1.32. The van der Waals surface area contributed by atoms with E-state index in [-0.39, 0.29) is 15.2 Å². The Morgan fingerprint density at radius 1 is 1.16 bits per heavy atom. The molecule has 0 spiro atoms. The van der Waals surface area contributed by atoms with Gasteiger partial charge in [0.15, 0.2) is 9.34 Å². The summed E-state index contributed by atoms with van der Waals surface area (Å²) in [5, 5.41) is 2.65. The van der Waals surface area contributed by atoms with Crippen LogP contribution in [-0.2, 0) is 14.8 Å². The van der Waals surface area contributed by atoms with Gasteiger partial charge in [-0.15, -0.1) is 0 Å². The Morgan fingerprint density at radius 2 is 1.97 bits per heavy atom. The van der Waals surface area contributed by atoms with Crippen LogP contribution in [0.5, 0.6) is 11.6 Å². The molecule has 0 saturated carbocycles. The molecule has 0 aliphatic rings. The quantitative estimate of drug-likeness (QED) is 0.431. The molecule has 0 fully saturated rings. The van der Waals surface area contributed by atoms with Crippen molar-refractivity contribution < 1.29 is 17.9 Å². The maximum Gasteiger partial charge on any atom is 0.273 e. The van der Waals surface area contributed by atoms with Crippen LogP contribution in [0.25, 0.3) is 5.82 Å². The molecule has 0 atom stereocenters. The number of amides is 1. The number of anilines is 2. The van der Waals surface area contributed by atoms with Crippen molar-refractivity contribution in [2.45, 2.75) is 11.1 Å². The summed E-state index contributed by atoms with van der Waals surface area (Å²) in [6.07, 6.45) is 7.54. The second-order valence-corrected chi connectivity index (χ2v) is 9.02. The van der Waals surface area contributed by atoms with Crippen molar-refractivity contribution in [3.63, 3.8) is 0 Å². The Morgan fingerprint density at radius 3 is 2.68 bits per heavy atom. The third-order valence-electron chi connectivity index (χ3n) is 3.76. The van der Waals surface area contributed by atoms with Crippen LogP contribution in [0, 0.1) is 0 Å². The fraction of sp³-hybridized carbons (Fsp3) is 0.0556. The number of imidazole rings is 1. The minimum Gasteiger partial charge on any atom is -0.439 e. The lowest BCUT2D eigenvalue weighted by atomic mass is 10.3. The second kappa shape index (κ2) is 8.49. The van der Waals surface area contributed by atoms with Crippen molar-refractivity contribution in [2.24, 2.45) is 0 Å². The zero-order valence-electron chi connectivity index (χ0n) is 16.0. The molecule has 0 radical (unpaired) electrons. The highest BCUT2D eigenvalue weighted by Gasteiger charge is 2.18. The Labute approximate surface area is 180 Å². The molecule has 2 N–H and O–H groups in total. The zero-order valence-corrected chi connectivity index (χ0v) is 17.6. The van der Waals surface area contributed by atoms with E-state index in [1.54, 1.807) is 53.6 Å². The summed E-state index contributed by atoms with van der Waals surface area (Å²) < 4.78 is 34.9. The average Bonchev–Trinajstić information content (AvgIpc) is 3.42. The molecule has 31 heavy (non-hydrogen) atoms. The van der Waals surface area contributed by atoms with Gasteiger partial charge in [0, 0.05) is 31.1 Å². The number of hydrogen-bond donors (Lipinski definition) is 2. The number of nitrogens with one attached hydrogen (secondary N) is 2. The van der Waals surface area contributed by atoms with E-state index in [1.807, 2.05) is 0 Å². The molecule has 0 aliphatic heterocycles. The highest BCUT2D eigenvalue weighted by Crippen LogP contribution is 2.27. The van der Waals surface area contributed by atoms with E-state index in [0.717, 1.165) is 11.3 Å². The number of sulfonamides is 1. The summed E-state index contributed by atoms with van der Waals surface area (Å²) in [4.78, 5) is 27.1. The van der Waals surface area contributed by atoms with Gasteiger partial charge in [0.1, 0.15) is 24.2 Å². The van der Waals surface area contributed by atoms with Gasteiger partial charge in [-0.1, -0.05) is 11.3 Å². The minimum atomic E-state index is -3.85. The van der Waals surface area contributed by atoms with Crippen molar-refractivity contribution in [1.82, 2.24) is 24.5 Å². The smallest absolute Gasteiger partial charge is 0.273 e. The first-order valence-corrected chi connectivity index (χ1v) is 11.0. The summed E-state index contributed by atoms with van der Waals surface area (Å²) in [5.74, 6) is 1.05. The van der Waals surface area contributed by atoms with Gasteiger partial charge in [-0.3, -0.25) is 14.1 Å². The van der Waals surface area contributed by atoms with E-state index in [1.165, 1.54) is 19.4 Å². The standard InChI is InChI=1S/C18H15N7O4S2/c1-12(26)23-18-20-9-17(30-18)31(27,28)24-13-2-4-14(5-3-13)29-16-8-15(21-10-22-16)25-7-6-19-11-25/h2-11,24H,1H3,(H,20,23,26). The van der Waals surface area contributed by atoms with Crippen LogP contribution in [0.1, 0.15) is 6.92 Å². The van der Waals surface area contributed by atoms with Gasteiger partial charge in [0.25, 0.3) is 10.0 Å². The Bertz CT molecular complexity index is 1300. The number of aromatic nitrogens is 5. The summed E-state index contributed by atoms with van der Waals surface area (Å²) in [6, 6.07) is 7.97. The van der Waals surface area contributed by atoms with E-state index >= 15 is 0 Å². The van der Waals surface area contributed by atoms with Crippen LogP contribution >= 0.6 is 11.3 Å². The fourth-order valence-corrected chi connectivity index (χ4v) is 4.57. The predicted molar refractivity (Wildman–Crippen MR) is 113 cm³/mol. The number of carbonyl (C=O) groups excluding carboxylic acids is 1. The van der Waals surface area contributed by atoms with E-state index < -0.39 is 10.0 Å². The van der Waals surface area contributed by atoms with E-state index in [9.17, 15) is 13.2 Å². The first kappa shape index (κ1) is 20.4. The van der Waals surface area contributed by atoms with E-state index in [4.69, 9.17) is 4.74 Å². The van der Waals surface area contributed by atoms with Crippen LogP contribution in [-0.4, -0.2) is 38.8 Å². The lowest BCUT2D eigenvalue weighted by Gasteiger charge is -2.09. The largest absolute Gasteiger partial charge is 0.439 e. The predicted octanol–water partition coefficient (Wildman–Crippen LogP) is 2.67. The Kier molecular flexibility index (Phi) is 5.60. The highest BCUT2D eigenvalue weighted by molar-refractivity contribution is 7.94. The van der Waals surface area contributed by atoms with Crippen molar-refractivity contribution in [1.29, 1.82) is 0 Å². The number of rotatable bonds is 7. The van der Waals surface area contributed by atoms with Gasteiger partial charge >= 0.3 is 0 Å². The number of benzene rings is 1. The first-order valence-electron chi connectivity index (χ1n) is 8.73. The maximum atomic E-state index is 12.5. The normalized spacial score (nSPS) is 11.1. The van der Waals surface area contributed by atoms with Gasteiger partial charge in [-0.25, -0.2) is 28.4 Å². The van der Waals surface area contributed by atoms with Gasteiger partial charge in [0.05, 0.1) is 6.20 Å².